The van der Waals surface area contributed by atoms with Crippen molar-refractivity contribution in [2.75, 3.05) is 10.6 Å². The van der Waals surface area contributed by atoms with Crippen LogP contribution < -0.4 is 10.6 Å². The van der Waals surface area contributed by atoms with Crippen LogP contribution in [0.4, 0.5) is 16.8 Å². The minimum absolute atomic E-state index is 0.153. The second kappa shape index (κ2) is 10.7. The molecule has 10 nitrogen and oxygen atoms in total. The Labute approximate surface area is 220 Å². The molecule has 36 heavy (non-hydrogen) atoms. The zero-order valence-electron chi connectivity index (χ0n) is 19.9. The highest BCUT2D eigenvalue weighted by atomic mass is 35.5. The summed E-state index contributed by atoms with van der Waals surface area (Å²) in [6.07, 6.45) is 4.69. The lowest BCUT2D eigenvalue weighted by molar-refractivity contribution is 0.0969. The molecule has 0 saturated heterocycles. The Kier molecular flexibility index (Phi) is 7.67. The molecule has 0 spiro atoms. The second-order valence-electron chi connectivity index (χ2n) is 8.98. The zero-order valence-corrected chi connectivity index (χ0v) is 22.3. The van der Waals surface area contributed by atoms with Crippen molar-refractivity contribution in [3.8, 4) is 0 Å². The fourth-order valence-electron chi connectivity index (χ4n) is 3.21. The molecule has 0 aromatic carbocycles. The quantitative estimate of drug-likeness (QED) is 0.276. The largest absolute Gasteiger partial charge is 0.316 e. The minimum atomic E-state index is -0.359. The molecular formula is C23H23ClN8O2S2. The van der Waals surface area contributed by atoms with Gasteiger partial charge in [-0.1, -0.05) is 39.3 Å². The molecule has 13 heteroatoms. The lowest BCUT2D eigenvalue weighted by Crippen LogP contribution is -2.17. The van der Waals surface area contributed by atoms with E-state index < -0.39 is 0 Å². The summed E-state index contributed by atoms with van der Waals surface area (Å²) < 4.78 is 0. The van der Waals surface area contributed by atoms with Crippen LogP contribution >= 0.6 is 34.3 Å². The number of carbonyl (C=O) groups excluding carboxylic acids is 2. The van der Waals surface area contributed by atoms with E-state index in [2.05, 4.69) is 40.8 Å². The number of hydrogen-bond acceptors (Lipinski definition) is 11. The number of anilines is 3. The van der Waals surface area contributed by atoms with Crippen LogP contribution in [0.25, 0.3) is 0 Å². The van der Waals surface area contributed by atoms with Crippen LogP contribution in [0.15, 0.2) is 36.2 Å². The lowest BCUT2D eigenvalue weighted by atomic mass is 9.88. The molecule has 4 aromatic rings. The molecule has 2 N–H and O–H groups in total. The van der Waals surface area contributed by atoms with Crippen molar-refractivity contribution in [2.45, 2.75) is 45.4 Å². The molecule has 4 heterocycles. The van der Waals surface area contributed by atoms with E-state index in [-0.39, 0.29) is 29.4 Å². The van der Waals surface area contributed by atoms with Gasteiger partial charge in [-0.05, 0) is 11.5 Å². The van der Waals surface area contributed by atoms with E-state index in [9.17, 15) is 9.59 Å². The monoisotopic (exact) mass is 542 g/mol. The minimum Gasteiger partial charge on any atom is -0.316 e. The topological polar surface area (TPSA) is 136 Å². The highest BCUT2D eigenvalue weighted by Gasteiger charge is 2.22. The summed E-state index contributed by atoms with van der Waals surface area (Å²) in [6, 6.07) is 3.31. The van der Waals surface area contributed by atoms with E-state index in [0.29, 0.717) is 37.5 Å². The Hall–Kier alpha value is -3.35. The van der Waals surface area contributed by atoms with Gasteiger partial charge in [0, 0.05) is 35.5 Å². The van der Waals surface area contributed by atoms with Gasteiger partial charge in [-0.3, -0.25) is 9.59 Å². The zero-order chi connectivity index (χ0) is 25.9. The van der Waals surface area contributed by atoms with Crippen LogP contribution in [0.3, 0.4) is 0 Å². The van der Waals surface area contributed by atoms with Crippen molar-refractivity contribution < 1.29 is 9.59 Å². The van der Waals surface area contributed by atoms with E-state index in [1.165, 1.54) is 35.2 Å². The van der Waals surface area contributed by atoms with E-state index in [4.69, 9.17) is 11.6 Å². The summed E-state index contributed by atoms with van der Waals surface area (Å²) in [5.74, 6) is 0.0709. The van der Waals surface area contributed by atoms with Gasteiger partial charge in [0.2, 0.25) is 0 Å². The molecule has 0 fully saturated rings. The SMILES string of the molecule is CC(CC(=O)c1cc(Nc2nccs2)ncn1)c1ncc(C(=O)Nc2cc(C(C)(C)C)c(Cl)nn2)s1. The Morgan fingerprint density at radius 1 is 1.08 bits per heavy atom. The third kappa shape index (κ3) is 6.25. The molecule has 0 aliphatic carbocycles. The maximum Gasteiger partial charge on any atom is 0.268 e. The first-order chi connectivity index (χ1) is 17.1. The standard InChI is InChI=1S/C23H23ClN8O2S2/c1-12(7-15(33)14-9-17(28-11-27-14)30-22-25-5-6-35-22)21-26-10-16(36-21)20(34)29-18-8-13(23(2,3)4)19(24)32-31-18/h5-6,8-12H,7H2,1-4H3,(H,29,31,34)(H,25,27,28,30). The van der Waals surface area contributed by atoms with Gasteiger partial charge in [-0.15, -0.1) is 32.9 Å². The predicted octanol–water partition coefficient (Wildman–Crippen LogP) is 5.50. The molecule has 1 amide bonds. The number of carbonyl (C=O) groups is 2. The molecule has 0 saturated carbocycles. The third-order valence-electron chi connectivity index (χ3n) is 5.08. The van der Waals surface area contributed by atoms with Crippen molar-refractivity contribution in [3.63, 3.8) is 0 Å². The summed E-state index contributed by atoms with van der Waals surface area (Å²) in [6.45, 7) is 7.88. The number of rotatable bonds is 8. The van der Waals surface area contributed by atoms with E-state index in [1.54, 1.807) is 18.3 Å². The Bertz CT molecular complexity index is 1390. The van der Waals surface area contributed by atoms with Crippen LogP contribution in [-0.2, 0) is 5.41 Å². The average molecular weight is 543 g/mol. The summed E-state index contributed by atoms with van der Waals surface area (Å²) >= 11 is 8.81. The first kappa shape index (κ1) is 25.7. The number of nitrogens with zero attached hydrogens (tertiary/aromatic N) is 6. The first-order valence-electron chi connectivity index (χ1n) is 10.9. The highest BCUT2D eigenvalue weighted by Crippen LogP contribution is 2.30. The predicted molar refractivity (Wildman–Crippen MR) is 141 cm³/mol. The molecule has 4 aromatic heterocycles. The third-order valence-corrected chi connectivity index (χ3v) is 7.27. The van der Waals surface area contributed by atoms with Gasteiger partial charge < -0.3 is 10.6 Å². The summed E-state index contributed by atoms with van der Waals surface area (Å²) in [5.41, 5.74) is 0.815. The molecule has 1 unspecified atom stereocenters. The molecule has 0 radical (unpaired) electrons. The molecule has 0 bridgehead atoms. The van der Waals surface area contributed by atoms with Gasteiger partial charge in [0.1, 0.15) is 22.7 Å². The molecule has 0 aliphatic rings. The summed E-state index contributed by atoms with van der Waals surface area (Å²) in [4.78, 5) is 42.8. The van der Waals surface area contributed by atoms with Crippen molar-refractivity contribution >= 4 is 62.7 Å². The highest BCUT2D eigenvalue weighted by molar-refractivity contribution is 7.14. The second-order valence-corrected chi connectivity index (χ2v) is 11.3. The van der Waals surface area contributed by atoms with Crippen molar-refractivity contribution in [1.82, 2.24) is 30.1 Å². The summed E-state index contributed by atoms with van der Waals surface area (Å²) in [5, 5.41) is 17.2. The molecular weight excluding hydrogens is 520 g/mol. The van der Waals surface area contributed by atoms with Crippen molar-refractivity contribution in [2.24, 2.45) is 0 Å². The lowest BCUT2D eigenvalue weighted by Gasteiger charge is -2.20. The number of halogens is 1. The van der Waals surface area contributed by atoms with Crippen LogP contribution in [0, 0.1) is 0 Å². The van der Waals surface area contributed by atoms with Crippen LogP contribution in [0.5, 0.6) is 0 Å². The van der Waals surface area contributed by atoms with Crippen molar-refractivity contribution in [3.05, 3.63) is 62.5 Å². The Morgan fingerprint density at radius 2 is 1.89 bits per heavy atom. The normalized spacial score (nSPS) is 12.2. The number of hydrogen-bond donors (Lipinski definition) is 2. The van der Waals surface area contributed by atoms with E-state index in [0.717, 1.165) is 5.56 Å². The van der Waals surface area contributed by atoms with Gasteiger partial charge in [0.25, 0.3) is 5.91 Å². The summed E-state index contributed by atoms with van der Waals surface area (Å²) in [7, 11) is 0. The van der Waals surface area contributed by atoms with Gasteiger partial charge in [0.15, 0.2) is 21.9 Å². The van der Waals surface area contributed by atoms with Crippen LogP contribution in [0.2, 0.25) is 5.15 Å². The molecule has 0 aliphatic heterocycles. The number of thiazole rings is 2. The molecule has 1 atom stereocenters. The number of Topliss-reactive ketones (excluding diaryl/α,β-unsaturated/α-hetero) is 1. The molecule has 4 rings (SSSR count). The van der Waals surface area contributed by atoms with Gasteiger partial charge in [0.05, 0.1) is 11.2 Å². The average Bonchev–Trinajstić information content (AvgIpc) is 3.52. The van der Waals surface area contributed by atoms with Gasteiger partial charge in [-0.2, -0.15) is 0 Å². The van der Waals surface area contributed by atoms with Crippen molar-refractivity contribution in [1.29, 1.82) is 0 Å². The van der Waals surface area contributed by atoms with Crippen LogP contribution in [0.1, 0.15) is 70.8 Å². The van der Waals surface area contributed by atoms with Gasteiger partial charge in [-0.25, -0.2) is 19.9 Å². The number of nitrogens with one attached hydrogen (secondary N) is 2. The number of amides is 1. The Balaban J connectivity index is 1.40. The fraction of sp³-hybridized carbons (Fsp3) is 0.304. The molecule has 186 valence electrons. The smallest absolute Gasteiger partial charge is 0.268 e. The first-order valence-corrected chi connectivity index (χ1v) is 13.0. The Morgan fingerprint density at radius 3 is 2.61 bits per heavy atom. The maximum atomic E-state index is 12.8. The van der Waals surface area contributed by atoms with Crippen LogP contribution in [-0.4, -0.2) is 41.8 Å². The van der Waals surface area contributed by atoms with E-state index >= 15 is 0 Å². The number of aromatic nitrogens is 6. The fourth-order valence-corrected chi connectivity index (χ4v) is 4.98. The van der Waals surface area contributed by atoms with E-state index in [1.807, 2.05) is 33.1 Å². The maximum absolute atomic E-state index is 12.8. The van der Waals surface area contributed by atoms with Gasteiger partial charge >= 0.3 is 0 Å². The number of ketones is 1.